The molecule has 134 valence electrons. The number of aromatic amines is 1. The standard InChI is InChI=1S/C17H22IN5O2/c1-10-7-24-5-4-22(10)13-6-14(19-17-15(13)16(18)20-21-17)23-11-2-3-12(23)9-25-8-11/h6,10-12H,2-5,7-9H2,1H3,(H,19,20,21)/t10-,11?,12?/m1/s1. The van der Waals surface area contributed by atoms with Crippen LogP contribution < -0.4 is 9.80 Å². The third-order valence-electron chi connectivity index (χ3n) is 5.63. The van der Waals surface area contributed by atoms with Crippen molar-refractivity contribution in [2.75, 3.05) is 42.8 Å². The predicted molar refractivity (Wildman–Crippen MR) is 104 cm³/mol. The number of nitrogens with one attached hydrogen (secondary N) is 1. The van der Waals surface area contributed by atoms with E-state index < -0.39 is 0 Å². The number of anilines is 2. The molecule has 0 amide bonds. The largest absolute Gasteiger partial charge is 0.377 e. The number of rotatable bonds is 2. The number of hydrogen-bond donors (Lipinski definition) is 1. The number of halogens is 1. The number of ether oxygens (including phenoxy) is 2. The Balaban J connectivity index is 1.64. The van der Waals surface area contributed by atoms with Crippen molar-refractivity contribution in [3.8, 4) is 0 Å². The number of aromatic nitrogens is 3. The molecule has 2 aromatic heterocycles. The van der Waals surface area contributed by atoms with Gasteiger partial charge in [0.15, 0.2) is 5.65 Å². The van der Waals surface area contributed by atoms with Gasteiger partial charge < -0.3 is 19.3 Å². The zero-order chi connectivity index (χ0) is 17.0. The summed E-state index contributed by atoms with van der Waals surface area (Å²) >= 11 is 2.32. The maximum atomic E-state index is 5.74. The van der Waals surface area contributed by atoms with Crippen molar-refractivity contribution in [1.82, 2.24) is 15.2 Å². The van der Waals surface area contributed by atoms with Gasteiger partial charge in [0.05, 0.1) is 49.6 Å². The van der Waals surface area contributed by atoms with Crippen LogP contribution in [0.1, 0.15) is 19.8 Å². The minimum absolute atomic E-state index is 0.347. The molecule has 2 aromatic rings. The fraction of sp³-hybridized carbons (Fsp3) is 0.647. The lowest BCUT2D eigenvalue weighted by molar-refractivity contribution is 0.0902. The van der Waals surface area contributed by atoms with E-state index in [4.69, 9.17) is 14.5 Å². The minimum Gasteiger partial charge on any atom is -0.377 e. The van der Waals surface area contributed by atoms with E-state index in [1.165, 1.54) is 18.5 Å². The summed E-state index contributed by atoms with van der Waals surface area (Å²) in [5.41, 5.74) is 2.03. The normalized spacial score (nSPS) is 29.6. The molecule has 5 rings (SSSR count). The number of nitrogens with zero attached hydrogens (tertiary/aromatic N) is 4. The van der Waals surface area contributed by atoms with Crippen LogP contribution in [-0.2, 0) is 9.47 Å². The van der Waals surface area contributed by atoms with E-state index in [9.17, 15) is 0 Å². The molecule has 3 saturated heterocycles. The first kappa shape index (κ1) is 16.1. The highest BCUT2D eigenvalue weighted by atomic mass is 127. The highest BCUT2D eigenvalue weighted by Gasteiger charge is 2.39. The van der Waals surface area contributed by atoms with E-state index in [-0.39, 0.29) is 0 Å². The lowest BCUT2D eigenvalue weighted by atomic mass is 10.1. The van der Waals surface area contributed by atoms with Crippen LogP contribution in [0.2, 0.25) is 0 Å². The summed E-state index contributed by atoms with van der Waals surface area (Å²) in [4.78, 5) is 9.82. The van der Waals surface area contributed by atoms with E-state index in [1.807, 2.05) is 0 Å². The quantitative estimate of drug-likeness (QED) is 0.701. The maximum Gasteiger partial charge on any atom is 0.186 e. The maximum absolute atomic E-state index is 5.74. The van der Waals surface area contributed by atoms with Gasteiger partial charge in [-0.25, -0.2) is 4.98 Å². The topological polar surface area (TPSA) is 66.5 Å². The van der Waals surface area contributed by atoms with Gasteiger partial charge in [0.2, 0.25) is 0 Å². The first-order valence-corrected chi connectivity index (χ1v) is 10.1. The highest BCUT2D eigenvalue weighted by Crippen LogP contribution is 2.38. The molecule has 7 nitrogen and oxygen atoms in total. The number of H-pyrrole nitrogens is 1. The monoisotopic (exact) mass is 455 g/mol. The van der Waals surface area contributed by atoms with Crippen LogP contribution in [-0.4, -0.2) is 66.3 Å². The Hall–Kier alpha value is -1.13. The first-order valence-electron chi connectivity index (χ1n) is 8.97. The van der Waals surface area contributed by atoms with Gasteiger partial charge in [-0.3, -0.25) is 5.10 Å². The Morgan fingerprint density at radius 3 is 2.76 bits per heavy atom. The molecular weight excluding hydrogens is 433 g/mol. The summed E-state index contributed by atoms with van der Waals surface area (Å²) in [6.07, 6.45) is 2.37. The Morgan fingerprint density at radius 1 is 1.20 bits per heavy atom. The molecule has 0 saturated carbocycles. The van der Waals surface area contributed by atoms with Crippen molar-refractivity contribution in [3.63, 3.8) is 0 Å². The third kappa shape index (κ3) is 2.60. The number of fused-ring (bicyclic) bond motifs is 3. The molecule has 3 aliphatic heterocycles. The van der Waals surface area contributed by atoms with Gasteiger partial charge >= 0.3 is 0 Å². The van der Waals surface area contributed by atoms with Gasteiger partial charge in [-0.05, 0) is 42.4 Å². The van der Waals surface area contributed by atoms with Crippen LogP contribution in [0.15, 0.2) is 6.07 Å². The Kier molecular flexibility index (Phi) is 4.01. The van der Waals surface area contributed by atoms with E-state index in [0.29, 0.717) is 18.1 Å². The van der Waals surface area contributed by atoms with Crippen molar-refractivity contribution in [1.29, 1.82) is 0 Å². The van der Waals surface area contributed by atoms with Crippen LogP contribution in [0.25, 0.3) is 11.0 Å². The minimum atomic E-state index is 0.347. The second-order valence-electron chi connectivity index (χ2n) is 7.18. The van der Waals surface area contributed by atoms with Crippen molar-refractivity contribution < 1.29 is 9.47 Å². The van der Waals surface area contributed by atoms with E-state index in [2.05, 4.69) is 55.6 Å². The fourth-order valence-corrected chi connectivity index (χ4v) is 5.04. The zero-order valence-corrected chi connectivity index (χ0v) is 16.4. The lowest BCUT2D eigenvalue weighted by Gasteiger charge is -2.38. The van der Waals surface area contributed by atoms with Crippen molar-refractivity contribution in [3.05, 3.63) is 9.77 Å². The molecular formula is C17H22IN5O2. The molecule has 0 aliphatic carbocycles. The second-order valence-corrected chi connectivity index (χ2v) is 8.26. The number of morpholine rings is 2. The van der Waals surface area contributed by atoms with Crippen molar-refractivity contribution >= 4 is 45.1 Å². The molecule has 3 fully saturated rings. The highest BCUT2D eigenvalue weighted by molar-refractivity contribution is 14.1. The lowest BCUT2D eigenvalue weighted by Crippen LogP contribution is -2.47. The van der Waals surface area contributed by atoms with Crippen molar-refractivity contribution in [2.24, 2.45) is 0 Å². The fourth-order valence-electron chi connectivity index (χ4n) is 4.40. The van der Waals surface area contributed by atoms with Gasteiger partial charge in [0, 0.05) is 18.7 Å². The second kappa shape index (κ2) is 6.24. The average molecular weight is 455 g/mol. The average Bonchev–Trinajstić information content (AvgIpc) is 3.11. The van der Waals surface area contributed by atoms with Crippen molar-refractivity contribution in [2.45, 2.75) is 37.9 Å². The first-order chi connectivity index (χ1) is 12.2. The van der Waals surface area contributed by atoms with Crippen LogP contribution in [0, 0.1) is 3.70 Å². The van der Waals surface area contributed by atoms with E-state index >= 15 is 0 Å². The zero-order valence-electron chi connectivity index (χ0n) is 14.2. The van der Waals surface area contributed by atoms with Crippen LogP contribution in [0.4, 0.5) is 11.5 Å². The Bertz CT molecular complexity index is 781. The summed E-state index contributed by atoms with van der Waals surface area (Å²) in [5.74, 6) is 1.04. The molecule has 8 heteroatoms. The van der Waals surface area contributed by atoms with E-state index in [1.54, 1.807) is 0 Å². The SMILES string of the molecule is C[C@@H]1COCCN1c1cc(N2C3CCC2COC3)nc2n[nH]c(I)c12. The molecule has 25 heavy (non-hydrogen) atoms. The number of hydrogen-bond acceptors (Lipinski definition) is 6. The van der Waals surface area contributed by atoms with Crippen LogP contribution in [0.3, 0.4) is 0 Å². The molecule has 2 unspecified atom stereocenters. The molecule has 0 spiro atoms. The van der Waals surface area contributed by atoms with Crippen LogP contribution >= 0.6 is 22.6 Å². The molecule has 3 atom stereocenters. The Morgan fingerprint density at radius 2 is 2.00 bits per heavy atom. The summed E-state index contributed by atoms with van der Waals surface area (Å²) in [7, 11) is 0. The summed E-state index contributed by atoms with van der Waals surface area (Å²) in [6.45, 7) is 6.25. The molecule has 5 heterocycles. The smallest absolute Gasteiger partial charge is 0.186 e. The molecule has 2 bridgehead atoms. The molecule has 3 aliphatic rings. The molecule has 0 aromatic carbocycles. The van der Waals surface area contributed by atoms with Gasteiger partial charge in [-0.15, -0.1) is 0 Å². The summed E-state index contributed by atoms with van der Waals surface area (Å²) in [6, 6.07) is 3.49. The van der Waals surface area contributed by atoms with Gasteiger partial charge in [0.25, 0.3) is 0 Å². The van der Waals surface area contributed by atoms with Crippen LogP contribution in [0.5, 0.6) is 0 Å². The number of pyridine rings is 1. The van der Waals surface area contributed by atoms with Gasteiger partial charge in [-0.2, -0.15) is 5.10 Å². The summed E-state index contributed by atoms with van der Waals surface area (Å²) in [5, 5.41) is 8.70. The predicted octanol–water partition coefficient (Wildman–Crippen LogP) is 2.16. The molecule has 1 N–H and O–H groups in total. The molecule has 0 radical (unpaired) electrons. The van der Waals surface area contributed by atoms with E-state index in [0.717, 1.165) is 53.5 Å². The van der Waals surface area contributed by atoms with Gasteiger partial charge in [-0.1, -0.05) is 0 Å². The van der Waals surface area contributed by atoms with Gasteiger partial charge in [0.1, 0.15) is 9.52 Å². The third-order valence-corrected chi connectivity index (χ3v) is 6.41. The summed E-state index contributed by atoms with van der Waals surface area (Å²) < 4.78 is 12.4. The Labute approximate surface area is 160 Å².